The van der Waals surface area contributed by atoms with Gasteiger partial charge in [0.15, 0.2) is 6.29 Å². The van der Waals surface area contributed by atoms with E-state index >= 15 is 4.79 Å². The van der Waals surface area contributed by atoms with Gasteiger partial charge in [-0.2, -0.15) is 0 Å². The van der Waals surface area contributed by atoms with Gasteiger partial charge in [-0.15, -0.1) is 0 Å². The highest BCUT2D eigenvalue weighted by atomic mass is 16.6. The van der Waals surface area contributed by atoms with Crippen molar-refractivity contribution in [3.8, 4) is 0 Å². The quantitative estimate of drug-likeness (QED) is 0.0454. The van der Waals surface area contributed by atoms with Crippen LogP contribution in [0.2, 0.25) is 0 Å². The summed E-state index contributed by atoms with van der Waals surface area (Å²) in [4.78, 5) is 15.6. The third-order valence-electron chi connectivity index (χ3n) is 16.7. The predicted octanol–water partition coefficient (Wildman–Crippen LogP) is 16.7. The van der Waals surface area contributed by atoms with Gasteiger partial charge in [-0.25, -0.2) is 0 Å². The van der Waals surface area contributed by atoms with Crippen LogP contribution in [0.15, 0.2) is 364 Å². The molecule has 12 aromatic carbocycles. The van der Waals surface area contributed by atoms with E-state index in [0.717, 1.165) is 73.0 Å². The van der Waals surface area contributed by atoms with Crippen molar-refractivity contribution in [1.29, 1.82) is 0 Å². The van der Waals surface area contributed by atoms with Crippen LogP contribution in [0, 0.1) is 0 Å². The molecule has 0 aliphatic heterocycles. The van der Waals surface area contributed by atoms with E-state index in [1.54, 1.807) is 0 Å². The molecule has 4 atom stereocenters. The normalized spacial score (nSPS) is 13.4. The lowest BCUT2D eigenvalue weighted by molar-refractivity contribution is -0.232. The molecule has 12 aromatic rings. The van der Waals surface area contributed by atoms with Gasteiger partial charge in [0.05, 0.1) is 6.61 Å². The van der Waals surface area contributed by atoms with Crippen molar-refractivity contribution in [2.24, 2.45) is 0 Å². The smallest absolute Gasteiger partial charge is 0.151 e. The molecule has 6 nitrogen and oxygen atoms in total. The first kappa shape index (κ1) is 58.5. The van der Waals surface area contributed by atoms with Gasteiger partial charge in [-0.3, -0.25) is 0 Å². The van der Waals surface area contributed by atoms with Gasteiger partial charge in [-0.05, 0) is 66.8 Å². The largest absolute Gasteiger partial charge is 0.388 e. The third kappa shape index (κ3) is 11.5. The van der Waals surface area contributed by atoms with E-state index in [4.69, 9.17) is 18.9 Å². The zero-order valence-corrected chi connectivity index (χ0v) is 48.7. The first-order valence-electron chi connectivity index (χ1n) is 30.0. The molecule has 12 rings (SSSR count). The number of aliphatic hydroxyl groups is 1. The fourth-order valence-electron chi connectivity index (χ4n) is 12.7. The Balaban J connectivity index is 1.18. The Morgan fingerprint density at radius 1 is 0.250 bits per heavy atom. The maximum Gasteiger partial charge on any atom is 0.151 e. The lowest BCUT2D eigenvalue weighted by Gasteiger charge is -2.48. The molecule has 0 heterocycles. The summed E-state index contributed by atoms with van der Waals surface area (Å²) in [6.45, 7) is -0.362. The number of hydrogen-bond acceptors (Lipinski definition) is 6. The number of aliphatic hydroxyl groups excluding tert-OH is 1. The maximum absolute atomic E-state index is 15.6. The predicted molar refractivity (Wildman–Crippen MR) is 349 cm³/mol. The van der Waals surface area contributed by atoms with E-state index in [0.29, 0.717) is 0 Å². The van der Waals surface area contributed by atoms with E-state index in [9.17, 15) is 5.11 Å². The summed E-state index contributed by atoms with van der Waals surface area (Å²) >= 11 is 0. The standard InChI is InChI=1S/C82H68O6/c83-61-76(86-80(66-43-19-4-20-44-66,67-45-21-5-22-46-67)68-47-23-6-24-48-68)78(88-82(72-55-31-10-32-56-72,73-57-33-11-34-58-73)74-59-35-12-36-60-74)77(87-81(69-49-25-7-26-50-69,70-51-27-8-28-52-70)71-53-29-9-30-54-71)75(84)62-85-79(63-37-13-1-14-38-63,64-39-15-2-16-40-64)65-41-17-3-18-42-65/h1-61,75-78,84H,62H2/t75-,76+,77-,78-/m1/s1. The molecule has 0 amide bonds. The van der Waals surface area contributed by atoms with Crippen LogP contribution < -0.4 is 0 Å². The van der Waals surface area contributed by atoms with Crippen LogP contribution in [-0.4, -0.2) is 42.4 Å². The maximum atomic E-state index is 15.6. The van der Waals surface area contributed by atoms with Gasteiger partial charge in [0, 0.05) is 0 Å². The Morgan fingerprint density at radius 3 is 0.614 bits per heavy atom. The summed E-state index contributed by atoms with van der Waals surface area (Å²) in [6, 6.07) is 121. The average Bonchev–Trinajstić information content (AvgIpc) is 1.58. The molecule has 88 heavy (non-hydrogen) atoms. The summed E-state index contributed by atoms with van der Waals surface area (Å²) in [5.41, 5.74) is 3.45. The van der Waals surface area contributed by atoms with E-state index in [1.165, 1.54) is 0 Å². The highest BCUT2D eigenvalue weighted by Gasteiger charge is 2.53. The molecule has 0 fully saturated rings. The van der Waals surface area contributed by atoms with Crippen LogP contribution >= 0.6 is 0 Å². The van der Waals surface area contributed by atoms with Gasteiger partial charge in [0.1, 0.15) is 46.8 Å². The molecule has 0 radical (unpaired) electrons. The molecule has 6 heteroatoms. The van der Waals surface area contributed by atoms with Crippen LogP contribution in [0.4, 0.5) is 0 Å². The highest BCUT2D eigenvalue weighted by molar-refractivity contribution is 5.60. The number of hydrogen-bond donors (Lipinski definition) is 1. The van der Waals surface area contributed by atoms with Crippen molar-refractivity contribution in [1.82, 2.24) is 0 Å². The average molecular weight is 1150 g/mol. The van der Waals surface area contributed by atoms with Crippen molar-refractivity contribution in [3.63, 3.8) is 0 Å². The second kappa shape index (κ2) is 27.2. The fourth-order valence-corrected chi connectivity index (χ4v) is 12.7. The zero-order chi connectivity index (χ0) is 59.9. The molecular weight excluding hydrogens is 1080 g/mol. The van der Waals surface area contributed by atoms with Gasteiger partial charge in [0.2, 0.25) is 0 Å². The second-order valence-corrected chi connectivity index (χ2v) is 21.9. The SMILES string of the molecule is O=C[C@H](OC(c1ccccc1)(c1ccccc1)c1ccccc1)[C@@H](OC(c1ccccc1)(c1ccccc1)c1ccccc1)[C@H](OC(c1ccccc1)(c1ccccc1)c1ccccc1)[C@H](O)COC(c1ccccc1)(c1ccccc1)c1ccccc1. The summed E-state index contributed by atoms with van der Waals surface area (Å²) in [5.74, 6) is 0. The van der Waals surface area contributed by atoms with Crippen molar-refractivity contribution in [3.05, 3.63) is 431 Å². The van der Waals surface area contributed by atoms with E-state index in [-0.39, 0.29) is 6.61 Å². The topological polar surface area (TPSA) is 74.2 Å². The minimum atomic E-state index is -1.62. The number of benzene rings is 12. The van der Waals surface area contributed by atoms with Crippen molar-refractivity contribution >= 4 is 6.29 Å². The molecule has 0 aliphatic carbocycles. The number of ether oxygens (including phenoxy) is 4. The second-order valence-electron chi connectivity index (χ2n) is 21.9. The van der Waals surface area contributed by atoms with E-state index in [1.807, 2.05) is 328 Å². The summed E-state index contributed by atoms with van der Waals surface area (Å²) in [6.07, 6.45) is -5.45. The zero-order valence-electron chi connectivity index (χ0n) is 48.7. The Kier molecular flexibility index (Phi) is 18.1. The molecule has 0 aliphatic rings. The van der Waals surface area contributed by atoms with Crippen LogP contribution in [-0.2, 0) is 46.1 Å². The minimum Gasteiger partial charge on any atom is -0.388 e. The monoisotopic (exact) mass is 1150 g/mol. The third-order valence-corrected chi connectivity index (χ3v) is 16.7. The number of aldehydes is 1. The Hall–Kier alpha value is -9.89. The molecule has 0 unspecified atom stereocenters. The van der Waals surface area contributed by atoms with Crippen LogP contribution in [0.1, 0.15) is 66.8 Å². The first-order chi connectivity index (χ1) is 43.5. The summed E-state index contributed by atoms with van der Waals surface area (Å²) < 4.78 is 32.6. The van der Waals surface area contributed by atoms with Gasteiger partial charge >= 0.3 is 0 Å². The number of carbonyl (C=O) groups excluding carboxylic acids is 1. The van der Waals surface area contributed by atoms with Crippen molar-refractivity contribution < 1.29 is 28.8 Å². The van der Waals surface area contributed by atoms with E-state index in [2.05, 4.69) is 36.4 Å². The van der Waals surface area contributed by atoms with Crippen molar-refractivity contribution in [2.45, 2.75) is 46.8 Å². The van der Waals surface area contributed by atoms with Crippen molar-refractivity contribution in [2.75, 3.05) is 6.61 Å². The fraction of sp³-hybridized carbons (Fsp3) is 0.110. The summed E-state index contributed by atoms with van der Waals surface area (Å²) in [7, 11) is 0. The Labute approximate surface area is 516 Å². The minimum absolute atomic E-state index is 0.362. The van der Waals surface area contributed by atoms with Gasteiger partial charge < -0.3 is 28.8 Å². The molecule has 0 saturated carbocycles. The first-order valence-corrected chi connectivity index (χ1v) is 30.0. The molecule has 0 spiro atoms. The Morgan fingerprint density at radius 2 is 0.420 bits per heavy atom. The molecular formula is C82H68O6. The lowest BCUT2D eigenvalue weighted by Crippen LogP contribution is -2.58. The van der Waals surface area contributed by atoms with E-state index < -0.39 is 46.8 Å². The van der Waals surface area contributed by atoms with Gasteiger partial charge in [-0.1, -0.05) is 364 Å². The molecule has 0 aromatic heterocycles. The number of carbonyl (C=O) groups is 1. The lowest BCUT2D eigenvalue weighted by atomic mass is 9.78. The van der Waals surface area contributed by atoms with Crippen LogP contribution in [0.25, 0.3) is 0 Å². The highest BCUT2D eigenvalue weighted by Crippen LogP contribution is 2.50. The molecule has 0 bridgehead atoms. The molecule has 432 valence electrons. The molecule has 1 N–H and O–H groups in total. The molecule has 0 saturated heterocycles. The summed E-state index contributed by atoms with van der Waals surface area (Å²) in [5, 5.41) is 14.5. The Bertz CT molecular complexity index is 3630. The number of rotatable bonds is 25. The van der Waals surface area contributed by atoms with Gasteiger partial charge in [0.25, 0.3) is 0 Å². The van der Waals surface area contributed by atoms with Crippen LogP contribution in [0.3, 0.4) is 0 Å². The van der Waals surface area contributed by atoms with Crippen LogP contribution in [0.5, 0.6) is 0 Å².